The summed E-state index contributed by atoms with van der Waals surface area (Å²) in [5.74, 6) is 0. The Balaban J connectivity index is 0.000000191. The maximum Gasteiger partial charge on any atom is 0.435 e. The van der Waals surface area contributed by atoms with Gasteiger partial charge in [-0.15, -0.1) is 0 Å². The molecule has 19 heavy (non-hydrogen) atoms. The monoisotopic (exact) mass is 271 g/mol. The fraction of sp³-hybridized carbons (Fsp3) is 0.167. The molecule has 0 aliphatic heterocycles. The molecule has 0 aliphatic rings. The van der Waals surface area contributed by atoms with Gasteiger partial charge in [-0.2, -0.15) is 18.3 Å². The molecule has 4 nitrogen and oxygen atoms in total. The van der Waals surface area contributed by atoms with E-state index in [1.165, 1.54) is 13.2 Å². The van der Waals surface area contributed by atoms with Crippen molar-refractivity contribution >= 4 is 12.0 Å². The lowest BCUT2D eigenvalue weighted by Gasteiger charge is -1.99. The number of alkyl halides is 3. The summed E-state index contributed by atoms with van der Waals surface area (Å²) in [4.78, 5) is 10.1. The largest absolute Gasteiger partial charge is 0.435 e. The topological polar surface area (TPSA) is 60.9 Å². The second-order valence-corrected chi connectivity index (χ2v) is 3.66. The van der Waals surface area contributed by atoms with Gasteiger partial charge in [0, 0.05) is 24.5 Å². The van der Waals surface area contributed by atoms with Crippen molar-refractivity contribution in [2.24, 2.45) is 7.05 Å². The van der Waals surface area contributed by atoms with E-state index in [1.807, 2.05) is 0 Å². The number of halogens is 3. The average Bonchev–Trinajstić information content (AvgIpc) is 2.78. The number of nitrogens with two attached hydrogens (primary N) is 1. The van der Waals surface area contributed by atoms with E-state index in [2.05, 4.69) is 5.10 Å². The highest BCUT2D eigenvalue weighted by molar-refractivity contribution is 5.75. The van der Waals surface area contributed by atoms with E-state index in [4.69, 9.17) is 5.73 Å². The first kappa shape index (κ1) is 14.7. The van der Waals surface area contributed by atoms with Crippen LogP contribution in [0.5, 0.6) is 0 Å². The number of aryl methyl sites for hydroxylation is 1. The Kier molecular flexibility index (Phi) is 4.68. The van der Waals surface area contributed by atoms with Crippen LogP contribution in [-0.2, 0) is 13.2 Å². The van der Waals surface area contributed by atoms with Gasteiger partial charge < -0.3 is 5.73 Å². The molecule has 0 fully saturated rings. The first-order chi connectivity index (χ1) is 8.82. The molecule has 7 heteroatoms. The molecule has 0 amide bonds. The van der Waals surface area contributed by atoms with Crippen LogP contribution < -0.4 is 5.73 Å². The maximum atomic E-state index is 11.7. The Morgan fingerprint density at radius 1 is 1.21 bits per heavy atom. The minimum atomic E-state index is -4.32. The zero-order valence-corrected chi connectivity index (χ0v) is 10.1. The van der Waals surface area contributed by atoms with Crippen LogP contribution in [0.15, 0.2) is 36.5 Å². The normalized spacial score (nSPS) is 10.5. The van der Waals surface area contributed by atoms with Crippen molar-refractivity contribution in [1.82, 2.24) is 9.78 Å². The van der Waals surface area contributed by atoms with Gasteiger partial charge in [-0.05, 0) is 30.3 Å². The van der Waals surface area contributed by atoms with Crippen LogP contribution >= 0.6 is 0 Å². The number of anilines is 1. The minimum absolute atomic E-state index is 0.657. The zero-order chi connectivity index (χ0) is 14.5. The summed E-state index contributed by atoms with van der Waals surface area (Å²) in [7, 11) is 1.44. The number of aldehydes is 1. The van der Waals surface area contributed by atoms with Gasteiger partial charge in [0.2, 0.25) is 0 Å². The lowest BCUT2D eigenvalue weighted by Crippen LogP contribution is -2.06. The number of hydrogen-bond donors (Lipinski definition) is 1. The van der Waals surface area contributed by atoms with Crippen LogP contribution in [0.2, 0.25) is 0 Å². The van der Waals surface area contributed by atoms with E-state index < -0.39 is 11.9 Å². The first-order valence-electron chi connectivity index (χ1n) is 5.20. The van der Waals surface area contributed by atoms with Crippen molar-refractivity contribution in [2.75, 3.05) is 5.73 Å². The molecule has 0 unspecified atom stereocenters. The van der Waals surface area contributed by atoms with Crippen LogP contribution in [0.3, 0.4) is 0 Å². The summed E-state index contributed by atoms with van der Waals surface area (Å²) in [5.41, 5.74) is 5.85. The summed E-state index contributed by atoms with van der Waals surface area (Å²) >= 11 is 0. The van der Waals surface area contributed by atoms with E-state index in [0.29, 0.717) is 11.3 Å². The Hall–Kier alpha value is -2.31. The molecule has 1 aromatic carbocycles. The predicted octanol–water partition coefficient (Wildman–Crippen LogP) is 2.52. The molecule has 2 N–H and O–H groups in total. The highest BCUT2D eigenvalue weighted by Gasteiger charge is 2.33. The Morgan fingerprint density at radius 2 is 1.79 bits per heavy atom. The Morgan fingerprint density at radius 3 is 2.11 bits per heavy atom. The molecule has 1 aromatic heterocycles. The van der Waals surface area contributed by atoms with Gasteiger partial charge in [-0.1, -0.05) is 0 Å². The van der Waals surface area contributed by atoms with Gasteiger partial charge >= 0.3 is 6.18 Å². The number of benzene rings is 1. The maximum absolute atomic E-state index is 11.7. The van der Waals surface area contributed by atoms with E-state index in [9.17, 15) is 18.0 Å². The molecule has 0 spiro atoms. The lowest BCUT2D eigenvalue weighted by atomic mass is 10.2. The number of rotatable bonds is 1. The molecular formula is C12H12F3N3O. The molecule has 0 aliphatic carbocycles. The Labute approximate surface area is 107 Å². The standard InChI is InChI=1S/C7H7NO.C5H5F3N2/c8-7-3-1-6(5-9)2-4-7;1-10-3-2-4(9-10)5(6,7)8/h1-5H,8H2;2-3H,1H3. The summed E-state index contributed by atoms with van der Waals surface area (Å²) < 4.78 is 36.3. The minimum Gasteiger partial charge on any atom is -0.399 e. The van der Waals surface area contributed by atoms with Gasteiger partial charge in [-0.3, -0.25) is 9.48 Å². The molecule has 2 aromatic rings. The molecule has 0 saturated carbocycles. The van der Waals surface area contributed by atoms with Crippen LogP contribution in [0.25, 0.3) is 0 Å². The number of hydrogen-bond acceptors (Lipinski definition) is 3. The molecule has 2 rings (SSSR count). The Bertz CT molecular complexity index is 532. The smallest absolute Gasteiger partial charge is 0.399 e. The van der Waals surface area contributed by atoms with E-state index in [1.54, 1.807) is 24.3 Å². The molecular weight excluding hydrogens is 259 g/mol. The fourth-order valence-electron chi connectivity index (χ4n) is 1.14. The van der Waals surface area contributed by atoms with Crippen molar-refractivity contribution in [1.29, 1.82) is 0 Å². The van der Waals surface area contributed by atoms with E-state index in [0.717, 1.165) is 17.0 Å². The van der Waals surface area contributed by atoms with Crippen LogP contribution in [0, 0.1) is 0 Å². The quantitative estimate of drug-likeness (QED) is 0.640. The van der Waals surface area contributed by atoms with Crippen molar-refractivity contribution in [2.45, 2.75) is 6.18 Å². The summed E-state index contributed by atoms with van der Waals surface area (Å²) in [6, 6.07) is 7.69. The molecule has 1 heterocycles. The van der Waals surface area contributed by atoms with Gasteiger partial charge in [-0.25, -0.2) is 0 Å². The van der Waals surface area contributed by atoms with E-state index >= 15 is 0 Å². The second kappa shape index (κ2) is 6.03. The van der Waals surface area contributed by atoms with Gasteiger partial charge in [0.25, 0.3) is 0 Å². The highest BCUT2D eigenvalue weighted by Crippen LogP contribution is 2.26. The number of aromatic nitrogens is 2. The third-order valence-electron chi connectivity index (χ3n) is 2.08. The van der Waals surface area contributed by atoms with Crippen LogP contribution in [0.4, 0.5) is 18.9 Å². The SMILES string of the molecule is Cn1ccc(C(F)(F)F)n1.Nc1ccc(C=O)cc1. The second-order valence-electron chi connectivity index (χ2n) is 3.66. The third-order valence-corrected chi connectivity index (χ3v) is 2.08. The average molecular weight is 271 g/mol. The molecule has 0 radical (unpaired) electrons. The number of carbonyl (C=O) groups is 1. The number of carbonyl (C=O) groups excluding carboxylic acids is 1. The van der Waals surface area contributed by atoms with Crippen molar-refractivity contribution in [3.05, 3.63) is 47.8 Å². The molecule has 0 atom stereocenters. The van der Waals surface area contributed by atoms with Crippen molar-refractivity contribution < 1.29 is 18.0 Å². The molecule has 0 bridgehead atoms. The lowest BCUT2D eigenvalue weighted by molar-refractivity contribution is -0.141. The van der Waals surface area contributed by atoms with Crippen molar-refractivity contribution in [3.63, 3.8) is 0 Å². The van der Waals surface area contributed by atoms with Crippen LogP contribution in [0.1, 0.15) is 16.1 Å². The van der Waals surface area contributed by atoms with Gasteiger partial charge in [0.15, 0.2) is 5.69 Å². The highest BCUT2D eigenvalue weighted by atomic mass is 19.4. The third kappa shape index (κ3) is 4.82. The summed E-state index contributed by atoms with van der Waals surface area (Å²) in [6.45, 7) is 0. The van der Waals surface area contributed by atoms with Gasteiger partial charge in [0.05, 0.1) is 0 Å². The van der Waals surface area contributed by atoms with Gasteiger partial charge in [0.1, 0.15) is 6.29 Å². The molecule has 102 valence electrons. The molecule has 0 saturated heterocycles. The summed E-state index contributed by atoms with van der Waals surface area (Å²) in [5, 5.41) is 3.17. The van der Waals surface area contributed by atoms with Crippen molar-refractivity contribution in [3.8, 4) is 0 Å². The first-order valence-corrected chi connectivity index (χ1v) is 5.20. The summed E-state index contributed by atoms with van der Waals surface area (Å²) in [6.07, 6.45) is -2.27. The number of nitrogens with zero attached hydrogens (tertiary/aromatic N) is 2. The fourth-order valence-corrected chi connectivity index (χ4v) is 1.14. The number of nitrogen functional groups attached to an aromatic ring is 1. The van der Waals surface area contributed by atoms with Crippen LogP contribution in [-0.4, -0.2) is 16.1 Å². The zero-order valence-electron chi connectivity index (χ0n) is 10.1. The van der Waals surface area contributed by atoms with E-state index in [-0.39, 0.29) is 0 Å². The predicted molar refractivity (Wildman–Crippen MR) is 64.5 cm³/mol.